The van der Waals surface area contributed by atoms with Crippen molar-refractivity contribution in [2.75, 3.05) is 11.9 Å². The Morgan fingerprint density at radius 3 is 1.93 bits per heavy atom. The molecular weight excluding hydrogens is 381 g/mol. The van der Waals surface area contributed by atoms with Gasteiger partial charge in [0.05, 0.1) is 12.0 Å². The van der Waals surface area contributed by atoms with Crippen LogP contribution in [-0.2, 0) is 11.0 Å². The lowest BCUT2D eigenvalue weighted by atomic mass is 10.1. The normalized spacial score (nSPS) is 12.1. The molecule has 4 N–H and O–H groups in total. The number of carboxylic acid groups (broad SMARTS) is 1. The quantitative estimate of drug-likeness (QED) is 0.322. The molecule has 0 fully saturated rings. The number of rotatable bonds is 13. The Morgan fingerprint density at radius 1 is 1.00 bits per heavy atom. The number of carboxylic acids is 1. The molecular formula is C22H37F3N2O2. The molecule has 1 rings (SSSR count). The molecule has 0 unspecified atom stereocenters. The first-order valence-corrected chi connectivity index (χ1v) is 10.6. The van der Waals surface area contributed by atoms with E-state index in [1.165, 1.54) is 63.5 Å². The van der Waals surface area contributed by atoms with Crippen LogP contribution >= 0.6 is 0 Å². The van der Waals surface area contributed by atoms with Gasteiger partial charge < -0.3 is 16.2 Å². The molecule has 0 spiro atoms. The summed E-state index contributed by atoms with van der Waals surface area (Å²) in [7, 11) is 0. The lowest BCUT2D eigenvalue weighted by Crippen LogP contribution is -2.22. The first-order valence-electron chi connectivity index (χ1n) is 10.6. The van der Waals surface area contributed by atoms with Gasteiger partial charge in [0.1, 0.15) is 0 Å². The number of halogens is 3. The summed E-state index contributed by atoms with van der Waals surface area (Å²) in [5, 5.41) is 11.5. The Balaban J connectivity index is 0.000000614. The second-order valence-corrected chi connectivity index (χ2v) is 7.19. The molecule has 1 aromatic rings. The number of nitrogens with two attached hydrogens (primary N) is 1. The molecule has 168 valence electrons. The van der Waals surface area contributed by atoms with Crippen LogP contribution in [0.25, 0.3) is 0 Å². The summed E-state index contributed by atoms with van der Waals surface area (Å²) in [5.41, 5.74) is 5.15. The lowest BCUT2D eigenvalue weighted by Gasteiger charge is -2.16. The fraction of sp³-hybridized carbons (Fsp3) is 0.682. The molecule has 0 bridgehead atoms. The molecule has 29 heavy (non-hydrogen) atoms. The van der Waals surface area contributed by atoms with Crippen LogP contribution in [0.15, 0.2) is 24.3 Å². The molecule has 0 aliphatic carbocycles. The van der Waals surface area contributed by atoms with E-state index in [1.807, 2.05) is 6.92 Å². The summed E-state index contributed by atoms with van der Waals surface area (Å²) >= 11 is 0. The van der Waals surface area contributed by atoms with E-state index in [4.69, 9.17) is 10.8 Å². The summed E-state index contributed by atoms with van der Waals surface area (Å²) in [4.78, 5) is 10.6. The topological polar surface area (TPSA) is 75.4 Å². The maximum absolute atomic E-state index is 12.3. The van der Waals surface area contributed by atoms with Gasteiger partial charge in [-0.15, -0.1) is 0 Å². The van der Waals surface area contributed by atoms with Crippen molar-refractivity contribution in [1.82, 2.24) is 0 Å². The monoisotopic (exact) mass is 418 g/mol. The van der Waals surface area contributed by atoms with Crippen molar-refractivity contribution in [1.29, 1.82) is 0 Å². The number of aliphatic carboxylic acids is 1. The Morgan fingerprint density at radius 2 is 1.52 bits per heavy atom. The number of unbranched alkanes of at least 4 members (excludes halogenated alkanes) is 7. The van der Waals surface area contributed by atoms with E-state index in [-0.39, 0.29) is 12.5 Å². The number of carbonyl (C=O) groups is 1. The SMILES string of the molecule is CCCCCCCCCCN.CC[C@H](CC(=O)O)Nc1ccc(C(F)(F)F)cc1. The van der Waals surface area contributed by atoms with Gasteiger partial charge in [-0.05, 0) is 43.7 Å². The molecule has 0 amide bonds. The van der Waals surface area contributed by atoms with Gasteiger partial charge in [-0.1, -0.05) is 58.8 Å². The number of hydrogen-bond donors (Lipinski definition) is 3. The van der Waals surface area contributed by atoms with Crippen LogP contribution in [0.3, 0.4) is 0 Å². The molecule has 7 heteroatoms. The van der Waals surface area contributed by atoms with Gasteiger partial charge in [-0.3, -0.25) is 4.79 Å². The van der Waals surface area contributed by atoms with Gasteiger partial charge in [0, 0.05) is 11.7 Å². The third-order valence-corrected chi connectivity index (χ3v) is 4.55. The van der Waals surface area contributed by atoms with Crippen LogP contribution in [0.2, 0.25) is 0 Å². The Kier molecular flexibility index (Phi) is 15.1. The van der Waals surface area contributed by atoms with E-state index in [9.17, 15) is 18.0 Å². The summed E-state index contributed by atoms with van der Waals surface area (Å²) < 4.78 is 37.0. The molecule has 0 heterocycles. The average Bonchev–Trinajstić information content (AvgIpc) is 2.67. The van der Waals surface area contributed by atoms with Crippen LogP contribution in [0.4, 0.5) is 18.9 Å². The number of nitrogens with one attached hydrogen (secondary N) is 1. The molecule has 0 saturated heterocycles. The van der Waals surface area contributed by atoms with E-state index >= 15 is 0 Å². The first kappa shape index (κ1) is 27.2. The highest BCUT2D eigenvalue weighted by atomic mass is 19.4. The molecule has 0 aliphatic rings. The average molecular weight is 419 g/mol. The van der Waals surface area contributed by atoms with Gasteiger partial charge in [0.15, 0.2) is 0 Å². The molecule has 0 saturated carbocycles. The predicted octanol–water partition coefficient (Wildman–Crippen LogP) is 6.46. The number of hydrogen-bond acceptors (Lipinski definition) is 3. The third kappa shape index (κ3) is 14.8. The van der Waals surface area contributed by atoms with Crippen molar-refractivity contribution < 1.29 is 23.1 Å². The molecule has 1 aromatic carbocycles. The maximum atomic E-state index is 12.3. The van der Waals surface area contributed by atoms with Crippen LogP contribution in [0, 0.1) is 0 Å². The van der Waals surface area contributed by atoms with Crippen molar-refractivity contribution in [3.63, 3.8) is 0 Å². The van der Waals surface area contributed by atoms with Crippen molar-refractivity contribution in [2.24, 2.45) is 5.73 Å². The van der Waals surface area contributed by atoms with E-state index in [0.29, 0.717) is 12.1 Å². The summed E-state index contributed by atoms with van der Waals surface area (Å²) in [5.74, 6) is -0.943. The van der Waals surface area contributed by atoms with Gasteiger partial charge >= 0.3 is 12.1 Å². The highest BCUT2D eigenvalue weighted by Crippen LogP contribution is 2.30. The fourth-order valence-corrected chi connectivity index (χ4v) is 2.78. The number of anilines is 1. The fourth-order valence-electron chi connectivity index (χ4n) is 2.78. The molecule has 0 radical (unpaired) electrons. The highest BCUT2D eigenvalue weighted by molar-refractivity contribution is 5.68. The zero-order valence-corrected chi connectivity index (χ0v) is 17.7. The first-order chi connectivity index (χ1) is 13.7. The van der Waals surface area contributed by atoms with Gasteiger partial charge in [-0.25, -0.2) is 0 Å². The minimum Gasteiger partial charge on any atom is -0.481 e. The van der Waals surface area contributed by atoms with Gasteiger partial charge in [0.2, 0.25) is 0 Å². The number of alkyl halides is 3. The Labute approximate surface area is 173 Å². The standard InChI is InChI=1S/C12H14F3NO2.C10H23N/c1-2-9(7-11(17)18)16-10-5-3-8(4-6-10)12(13,14)15;1-2-3-4-5-6-7-8-9-10-11/h3-6,9,16H,2,7H2,1H3,(H,17,18);2-11H2,1H3/t9-;/m1./s1. The minimum absolute atomic E-state index is 0.0719. The van der Waals surface area contributed by atoms with E-state index < -0.39 is 17.7 Å². The number of benzene rings is 1. The largest absolute Gasteiger partial charge is 0.481 e. The van der Waals surface area contributed by atoms with Crippen LogP contribution < -0.4 is 11.1 Å². The third-order valence-electron chi connectivity index (χ3n) is 4.55. The summed E-state index contributed by atoms with van der Waals surface area (Å²) in [6.45, 7) is 4.94. The van der Waals surface area contributed by atoms with Crippen LogP contribution in [-0.4, -0.2) is 23.7 Å². The van der Waals surface area contributed by atoms with Crippen LogP contribution in [0.5, 0.6) is 0 Å². The van der Waals surface area contributed by atoms with Crippen molar-refractivity contribution in [3.05, 3.63) is 29.8 Å². The van der Waals surface area contributed by atoms with E-state index in [2.05, 4.69) is 12.2 Å². The molecule has 0 aliphatic heterocycles. The zero-order chi connectivity index (χ0) is 22.1. The Hall–Kier alpha value is -1.76. The smallest absolute Gasteiger partial charge is 0.416 e. The highest BCUT2D eigenvalue weighted by Gasteiger charge is 2.30. The zero-order valence-electron chi connectivity index (χ0n) is 17.7. The van der Waals surface area contributed by atoms with Crippen molar-refractivity contribution in [2.45, 2.75) is 90.3 Å². The van der Waals surface area contributed by atoms with Gasteiger partial charge in [-0.2, -0.15) is 13.2 Å². The predicted molar refractivity (Wildman–Crippen MR) is 113 cm³/mol. The van der Waals surface area contributed by atoms with Gasteiger partial charge in [0.25, 0.3) is 0 Å². The van der Waals surface area contributed by atoms with E-state index in [1.54, 1.807) is 0 Å². The molecule has 4 nitrogen and oxygen atoms in total. The second-order valence-electron chi connectivity index (χ2n) is 7.19. The summed E-state index contributed by atoms with van der Waals surface area (Å²) in [6, 6.07) is 4.24. The van der Waals surface area contributed by atoms with E-state index in [0.717, 1.165) is 18.7 Å². The van der Waals surface area contributed by atoms with Crippen LogP contribution in [0.1, 0.15) is 83.6 Å². The van der Waals surface area contributed by atoms with Crippen molar-refractivity contribution in [3.8, 4) is 0 Å². The molecule has 0 aromatic heterocycles. The Bertz CT molecular complexity index is 526. The summed E-state index contributed by atoms with van der Waals surface area (Å²) in [6.07, 6.45) is 7.13. The van der Waals surface area contributed by atoms with Crippen molar-refractivity contribution >= 4 is 11.7 Å². The lowest BCUT2D eigenvalue weighted by molar-refractivity contribution is -0.138. The molecule has 1 atom stereocenters. The second kappa shape index (κ2) is 16.1. The minimum atomic E-state index is -4.36. The maximum Gasteiger partial charge on any atom is 0.416 e.